The summed E-state index contributed by atoms with van der Waals surface area (Å²) in [7, 11) is 1.67. The minimum Gasteiger partial charge on any atom is -0.383 e. The van der Waals surface area contributed by atoms with Crippen LogP contribution < -0.4 is 16.0 Å². The molecule has 25 heavy (non-hydrogen) atoms. The van der Waals surface area contributed by atoms with Gasteiger partial charge in [0.25, 0.3) is 5.91 Å². The number of nitrogens with zero attached hydrogens (tertiary/aromatic N) is 1. The Morgan fingerprint density at radius 1 is 1.36 bits per heavy atom. The molecule has 0 saturated heterocycles. The number of halogens is 1. The van der Waals surface area contributed by atoms with Gasteiger partial charge < -0.3 is 20.7 Å². The first-order valence-electron chi connectivity index (χ1n) is 8.15. The van der Waals surface area contributed by atoms with Crippen molar-refractivity contribution in [3.63, 3.8) is 0 Å². The van der Waals surface area contributed by atoms with E-state index in [1.165, 1.54) is 0 Å². The van der Waals surface area contributed by atoms with Crippen LogP contribution in [-0.2, 0) is 24.2 Å². The van der Waals surface area contributed by atoms with E-state index in [-0.39, 0.29) is 18.3 Å². The number of rotatable bonds is 7. The summed E-state index contributed by atoms with van der Waals surface area (Å²) in [5.41, 5.74) is 4.55. The predicted molar refractivity (Wildman–Crippen MR) is 99.2 cm³/mol. The molecule has 0 fully saturated rings. The summed E-state index contributed by atoms with van der Waals surface area (Å²) in [5, 5.41) is 16.7. The molecule has 0 bridgehead atoms. The lowest BCUT2D eigenvalue weighted by Crippen LogP contribution is -2.28. The van der Waals surface area contributed by atoms with Gasteiger partial charge in [-0.2, -0.15) is 5.10 Å². The van der Waals surface area contributed by atoms with Crippen molar-refractivity contribution in [2.24, 2.45) is 0 Å². The normalized spacial score (nSPS) is 12.8. The summed E-state index contributed by atoms with van der Waals surface area (Å²) in [6.45, 7) is 3.40. The predicted octanol–water partition coefficient (Wildman–Crippen LogP) is 1.47. The highest BCUT2D eigenvalue weighted by atomic mass is 35.5. The van der Waals surface area contributed by atoms with Crippen LogP contribution in [0.2, 0.25) is 0 Å². The zero-order valence-electron chi connectivity index (χ0n) is 14.2. The SMILES string of the molecule is COCCNc1ccccc1CNC(=O)c1n[nH]c2c1CNCC2.Cl. The van der Waals surface area contributed by atoms with Gasteiger partial charge in [-0.3, -0.25) is 9.89 Å². The summed E-state index contributed by atoms with van der Waals surface area (Å²) in [6, 6.07) is 7.92. The molecule has 1 aliphatic heterocycles. The minimum absolute atomic E-state index is 0. The Balaban J connectivity index is 0.00000225. The number of fused-ring (bicyclic) bond motifs is 1. The topological polar surface area (TPSA) is 91.1 Å². The lowest BCUT2D eigenvalue weighted by Gasteiger charge is -2.14. The molecule has 3 rings (SSSR count). The summed E-state index contributed by atoms with van der Waals surface area (Å²) >= 11 is 0. The second-order valence-electron chi connectivity index (χ2n) is 5.72. The molecule has 1 aromatic carbocycles. The number of hydrogen-bond acceptors (Lipinski definition) is 5. The Morgan fingerprint density at radius 3 is 3.04 bits per heavy atom. The maximum Gasteiger partial charge on any atom is 0.272 e. The molecule has 1 aliphatic rings. The van der Waals surface area contributed by atoms with Crippen LogP contribution in [0.1, 0.15) is 27.3 Å². The van der Waals surface area contributed by atoms with Crippen molar-refractivity contribution in [3.8, 4) is 0 Å². The molecule has 136 valence electrons. The molecule has 0 saturated carbocycles. The van der Waals surface area contributed by atoms with Gasteiger partial charge in [-0.05, 0) is 11.6 Å². The standard InChI is InChI=1S/C17H23N5O2.ClH/c1-24-9-8-19-14-5-3-2-4-12(14)10-20-17(23)16-13-11-18-7-6-15(13)21-22-16;/h2-5,18-19H,6-11H2,1H3,(H,20,23)(H,21,22);1H. The first-order chi connectivity index (χ1) is 11.8. The van der Waals surface area contributed by atoms with Crippen molar-refractivity contribution in [1.29, 1.82) is 0 Å². The number of aromatic nitrogens is 2. The van der Waals surface area contributed by atoms with Crippen LogP contribution in [0.3, 0.4) is 0 Å². The number of carbonyl (C=O) groups is 1. The van der Waals surface area contributed by atoms with E-state index < -0.39 is 0 Å². The van der Waals surface area contributed by atoms with Crippen LogP contribution in [-0.4, -0.2) is 42.9 Å². The number of benzene rings is 1. The molecule has 8 heteroatoms. The van der Waals surface area contributed by atoms with Gasteiger partial charge >= 0.3 is 0 Å². The van der Waals surface area contributed by atoms with Crippen molar-refractivity contribution in [3.05, 3.63) is 46.8 Å². The third-order valence-electron chi connectivity index (χ3n) is 4.10. The van der Waals surface area contributed by atoms with Crippen LogP contribution in [0, 0.1) is 0 Å². The molecule has 0 spiro atoms. The molecular weight excluding hydrogens is 342 g/mol. The highest BCUT2D eigenvalue weighted by Crippen LogP contribution is 2.17. The quantitative estimate of drug-likeness (QED) is 0.558. The average Bonchev–Trinajstić information content (AvgIpc) is 3.05. The number of H-pyrrole nitrogens is 1. The maximum absolute atomic E-state index is 12.5. The van der Waals surface area contributed by atoms with Gasteiger partial charge in [-0.15, -0.1) is 12.4 Å². The second-order valence-corrected chi connectivity index (χ2v) is 5.72. The van der Waals surface area contributed by atoms with E-state index in [4.69, 9.17) is 4.74 Å². The molecule has 0 atom stereocenters. The monoisotopic (exact) mass is 365 g/mol. The van der Waals surface area contributed by atoms with E-state index in [9.17, 15) is 4.79 Å². The fourth-order valence-corrected chi connectivity index (χ4v) is 2.81. The fraction of sp³-hybridized carbons (Fsp3) is 0.412. The number of nitrogens with one attached hydrogen (secondary N) is 4. The van der Waals surface area contributed by atoms with E-state index >= 15 is 0 Å². The van der Waals surface area contributed by atoms with E-state index in [1.807, 2.05) is 24.3 Å². The Kier molecular flexibility index (Phi) is 7.24. The number of amides is 1. The lowest BCUT2D eigenvalue weighted by atomic mass is 10.1. The highest BCUT2D eigenvalue weighted by Gasteiger charge is 2.21. The Bertz CT molecular complexity index is 704. The lowest BCUT2D eigenvalue weighted by molar-refractivity contribution is 0.0945. The zero-order valence-corrected chi connectivity index (χ0v) is 15.0. The van der Waals surface area contributed by atoms with E-state index in [1.54, 1.807) is 7.11 Å². The van der Waals surface area contributed by atoms with Crippen molar-refractivity contribution in [1.82, 2.24) is 20.8 Å². The van der Waals surface area contributed by atoms with Crippen molar-refractivity contribution < 1.29 is 9.53 Å². The van der Waals surface area contributed by atoms with Crippen LogP contribution in [0.4, 0.5) is 5.69 Å². The number of ether oxygens (including phenoxy) is 1. The maximum atomic E-state index is 12.5. The molecule has 0 aliphatic carbocycles. The number of para-hydroxylation sites is 1. The molecule has 2 aromatic rings. The Morgan fingerprint density at radius 2 is 2.20 bits per heavy atom. The zero-order chi connectivity index (χ0) is 16.8. The number of anilines is 1. The molecule has 1 aromatic heterocycles. The van der Waals surface area contributed by atoms with Crippen LogP contribution in [0.15, 0.2) is 24.3 Å². The average molecular weight is 366 g/mol. The summed E-state index contributed by atoms with van der Waals surface area (Å²) in [4.78, 5) is 12.5. The first kappa shape index (κ1) is 19.2. The summed E-state index contributed by atoms with van der Waals surface area (Å²) in [5.74, 6) is -0.150. The van der Waals surface area contributed by atoms with Crippen LogP contribution in [0.5, 0.6) is 0 Å². The van der Waals surface area contributed by atoms with Gasteiger partial charge in [0.2, 0.25) is 0 Å². The van der Waals surface area contributed by atoms with Crippen LogP contribution in [0.25, 0.3) is 0 Å². The number of aromatic amines is 1. The summed E-state index contributed by atoms with van der Waals surface area (Å²) in [6.07, 6.45) is 0.877. The van der Waals surface area contributed by atoms with Crippen molar-refractivity contribution in [2.75, 3.05) is 32.1 Å². The third-order valence-corrected chi connectivity index (χ3v) is 4.10. The fourth-order valence-electron chi connectivity index (χ4n) is 2.81. The molecule has 1 amide bonds. The minimum atomic E-state index is -0.150. The van der Waals surface area contributed by atoms with E-state index in [2.05, 4.69) is 26.1 Å². The van der Waals surface area contributed by atoms with Crippen molar-refractivity contribution in [2.45, 2.75) is 19.5 Å². The van der Waals surface area contributed by atoms with Gasteiger partial charge in [0.05, 0.1) is 6.61 Å². The largest absolute Gasteiger partial charge is 0.383 e. The second kappa shape index (κ2) is 9.41. The van der Waals surface area contributed by atoms with E-state index in [0.29, 0.717) is 25.4 Å². The van der Waals surface area contributed by atoms with Gasteiger partial charge in [0.1, 0.15) is 0 Å². The molecule has 7 nitrogen and oxygen atoms in total. The number of carbonyl (C=O) groups excluding carboxylic acids is 1. The van der Waals surface area contributed by atoms with Gasteiger partial charge in [-0.1, -0.05) is 18.2 Å². The Labute approximate surface area is 153 Å². The molecule has 4 N–H and O–H groups in total. The molecule has 0 radical (unpaired) electrons. The smallest absolute Gasteiger partial charge is 0.272 e. The number of methoxy groups -OCH3 is 1. The van der Waals surface area contributed by atoms with Crippen molar-refractivity contribution >= 4 is 24.0 Å². The van der Waals surface area contributed by atoms with Gasteiger partial charge in [0, 0.05) is 56.7 Å². The molecule has 0 unspecified atom stereocenters. The first-order valence-corrected chi connectivity index (χ1v) is 8.15. The van der Waals surface area contributed by atoms with E-state index in [0.717, 1.165) is 42.0 Å². The van der Waals surface area contributed by atoms with Gasteiger partial charge in [0.15, 0.2) is 5.69 Å². The molecule has 2 heterocycles. The highest BCUT2D eigenvalue weighted by molar-refractivity contribution is 5.94. The number of hydrogen-bond donors (Lipinski definition) is 4. The summed E-state index contributed by atoms with van der Waals surface area (Å²) < 4.78 is 5.05. The molecular formula is C17H24ClN5O2. The Hall–Kier alpha value is -2.09. The van der Waals surface area contributed by atoms with Gasteiger partial charge in [-0.25, -0.2) is 0 Å². The third kappa shape index (κ3) is 4.72. The van der Waals surface area contributed by atoms with Crippen LogP contribution >= 0.6 is 12.4 Å².